The Morgan fingerprint density at radius 3 is 2.49 bits per heavy atom. The van der Waals surface area contributed by atoms with Crippen molar-refractivity contribution in [1.82, 2.24) is 19.8 Å². The second-order valence-electron chi connectivity index (χ2n) is 9.66. The van der Waals surface area contributed by atoms with Crippen molar-refractivity contribution in [3.8, 4) is 0 Å². The molecule has 1 aliphatic heterocycles. The molecule has 1 aliphatic carbocycles. The van der Waals surface area contributed by atoms with Gasteiger partial charge in [0, 0.05) is 50.4 Å². The van der Waals surface area contributed by atoms with Gasteiger partial charge in [-0.3, -0.25) is 9.69 Å². The first kappa shape index (κ1) is 25.5. The summed E-state index contributed by atoms with van der Waals surface area (Å²) in [6, 6.07) is 3.37. The van der Waals surface area contributed by atoms with Gasteiger partial charge in [-0.05, 0) is 68.0 Å². The molecule has 7 nitrogen and oxygen atoms in total. The van der Waals surface area contributed by atoms with Crippen LogP contribution < -0.4 is 11.1 Å². The third-order valence-corrected chi connectivity index (χ3v) is 7.11. The maximum atomic E-state index is 13.3. The molecule has 1 atom stereocenters. The largest absolute Gasteiger partial charge is 0.416 e. The number of nitrogen functional groups attached to an aromatic ring is 1. The Labute approximate surface area is 207 Å². The Balaban J connectivity index is 1.48. The second-order valence-corrected chi connectivity index (χ2v) is 10.00. The molecule has 1 amide bonds. The molecule has 190 valence electrons. The Hall–Kier alpha value is -2.59. The van der Waals surface area contributed by atoms with E-state index in [0.717, 1.165) is 49.1 Å². The number of alkyl halides is 3. The third-order valence-electron chi connectivity index (χ3n) is 6.94. The molecule has 0 spiro atoms. The molecule has 2 heterocycles. The van der Waals surface area contributed by atoms with E-state index in [1.54, 1.807) is 25.9 Å². The Kier molecular flexibility index (Phi) is 7.15. The van der Waals surface area contributed by atoms with E-state index in [0.29, 0.717) is 30.5 Å². The zero-order valence-corrected chi connectivity index (χ0v) is 20.7. The summed E-state index contributed by atoms with van der Waals surface area (Å²) >= 11 is 6.19. The summed E-state index contributed by atoms with van der Waals surface area (Å²) < 4.78 is 39.8. The third kappa shape index (κ3) is 5.64. The van der Waals surface area contributed by atoms with Gasteiger partial charge in [-0.2, -0.15) is 13.2 Å². The van der Waals surface area contributed by atoms with Gasteiger partial charge in [-0.15, -0.1) is 0 Å². The molecule has 0 bridgehead atoms. The predicted molar refractivity (Wildman–Crippen MR) is 129 cm³/mol. The molecule has 2 aromatic rings. The number of fused-ring (bicyclic) bond motifs is 1. The standard InChI is InChI=1S/C24H30ClF3N6O/c1-13(15-8-16(24(26,27)28)10-17(29)9-15)30-21-19-11-34(12-20(19)31-23(25)32-21)18-6-4-14(5-7-18)22(35)33(2)3/h8-10,13-14,18H,4-7,11-12,29H2,1-3H3,(H,30,31,32)/t13-,14?,18?/m1/s1. The van der Waals surface area contributed by atoms with Crippen LogP contribution in [0.1, 0.15) is 61.0 Å². The van der Waals surface area contributed by atoms with Gasteiger partial charge in [0.2, 0.25) is 11.2 Å². The van der Waals surface area contributed by atoms with E-state index >= 15 is 0 Å². The van der Waals surface area contributed by atoms with Crippen molar-refractivity contribution in [1.29, 1.82) is 0 Å². The molecule has 1 fully saturated rings. The SMILES string of the molecule is C[C@@H](Nc1nc(Cl)nc2c1CN(C1CCC(C(=O)N(C)C)CC1)C2)c1cc(N)cc(C(F)(F)F)c1. The Morgan fingerprint density at radius 1 is 1.17 bits per heavy atom. The van der Waals surface area contributed by atoms with E-state index in [-0.39, 0.29) is 22.8 Å². The molecule has 1 saturated carbocycles. The number of anilines is 2. The molecule has 3 N–H and O–H groups in total. The second kappa shape index (κ2) is 9.81. The van der Waals surface area contributed by atoms with Crippen LogP contribution in [0.2, 0.25) is 5.28 Å². The van der Waals surface area contributed by atoms with Gasteiger partial charge in [0.1, 0.15) is 5.82 Å². The van der Waals surface area contributed by atoms with Crippen LogP contribution in [0.3, 0.4) is 0 Å². The van der Waals surface area contributed by atoms with Crippen LogP contribution >= 0.6 is 11.6 Å². The van der Waals surface area contributed by atoms with Gasteiger partial charge >= 0.3 is 6.18 Å². The lowest BCUT2D eigenvalue weighted by Gasteiger charge is -2.34. The molecular weight excluding hydrogens is 481 g/mol. The summed E-state index contributed by atoms with van der Waals surface area (Å²) in [4.78, 5) is 25.0. The molecule has 11 heteroatoms. The smallest absolute Gasteiger partial charge is 0.399 e. The lowest BCUT2D eigenvalue weighted by atomic mass is 9.84. The predicted octanol–water partition coefficient (Wildman–Crippen LogP) is 4.87. The van der Waals surface area contributed by atoms with E-state index in [9.17, 15) is 18.0 Å². The van der Waals surface area contributed by atoms with Crippen molar-refractivity contribution < 1.29 is 18.0 Å². The fraction of sp³-hybridized carbons (Fsp3) is 0.542. The quantitative estimate of drug-likeness (QED) is 0.441. The highest BCUT2D eigenvalue weighted by Gasteiger charge is 2.35. The minimum atomic E-state index is -4.49. The number of carbonyl (C=O) groups is 1. The molecule has 0 saturated heterocycles. The van der Waals surface area contributed by atoms with Crippen molar-refractivity contribution in [3.63, 3.8) is 0 Å². The highest BCUT2D eigenvalue weighted by Crippen LogP contribution is 2.37. The minimum Gasteiger partial charge on any atom is -0.399 e. The maximum absolute atomic E-state index is 13.3. The van der Waals surface area contributed by atoms with Gasteiger partial charge in [0.05, 0.1) is 17.3 Å². The minimum absolute atomic E-state index is 0.0453. The Morgan fingerprint density at radius 2 is 1.86 bits per heavy atom. The van der Waals surface area contributed by atoms with Crippen LogP contribution in [0.15, 0.2) is 18.2 Å². The number of benzene rings is 1. The molecule has 0 radical (unpaired) electrons. The summed E-state index contributed by atoms with van der Waals surface area (Å²) in [5.74, 6) is 0.766. The van der Waals surface area contributed by atoms with E-state index in [1.165, 1.54) is 6.07 Å². The number of carbonyl (C=O) groups excluding carboxylic acids is 1. The van der Waals surface area contributed by atoms with Crippen LogP contribution in [0, 0.1) is 5.92 Å². The van der Waals surface area contributed by atoms with Gasteiger partial charge in [0.25, 0.3) is 0 Å². The molecule has 4 rings (SSSR count). The summed E-state index contributed by atoms with van der Waals surface area (Å²) in [6.07, 6.45) is -0.954. The molecule has 35 heavy (non-hydrogen) atoms. The average Bonchev–Trinajstić information content (AvgIpc) is 3.21. The molecule has 2 aliphatic rings. The van der Waals surface area contributed by atoms with Crippen molar-refractivity contribution in [3.05, 3.63) is 45.9 Å². The summed E-state index contributed by atoms with van der Waals surface area (Å²) in [5.41, 5.74) is 7.11. The van der Waals surface area contributed by atoms with E-state index in [1.807, 2.05) is 0 Å². The molecule has 0 unspecified atom stereocenters. The van der Waals surface area contributed by atoms with Crippen LogP contribution in [-0.2, 0) is 24.1 Å². The van der Waals surface area contributed by atoms with Gasteiger partial charge in [0.15, 0.2) is 0 Å². The summed E-state index contributed by atoms with van der Waals surface area (Å²) in [7, 11) is 3.58. The van der Waals surface area contributed by atoms with Crippen LogP contribution in [-0.4, -0.2) is 45.8 Å². The highest BCUT2D eigenvalue weighted by molar-refractivity contribution is 6.28. The zero-order valence-electron chi connectivity index (χ0n) is 20.0. The monoisotopic (exact) mass is 510 g/mol. The average molecular weight is 511 g/mol. The first-order chi connectivity index (χ1) is 16.4. The Bertz CT molecular complexity index is 1100. The number of aromatic nitrogens is 2. The maximum Gasteiger partial charge on any atom is 0.416 e. The normalized spacial score (nSPS) is 21.5. The lowest BCUT2D eigenvalue weighted by Crippen LogP contribution is -2.38. The van der Waals surface area contributed by atoms with E-state index in [4.69, 9.17) is 17.3 Å². The number of rotatable bonds is 5. The van der Waals surface area contributed by atoms with Crippen molar-refractivity contribution >= 4 is 29.0 Å². The highest BCUT2D eigenvalue weighted by atomic mass is 35.5. The topological polar surface area (TPSA) is 87.4 Å². The number of nitrogens with two attached hydrogens (primary N) is 1. The summed E-state index contributed by atoms with van der Waals surface area (Å²) in [5, 5.41) is 3.32. The number of halogens is 4. The van der Waals surface area contributed by atoms with Crippen molar-refractivity contribution in [2.24, 2.45) is 5.92 Å². The first-order valence-electron chi connectivity index (χ1n) is 11.7. The fourth-order valence-corrected chi connectivity index (χ4v) is 5.24. The number of nitrogens with one attached hydrogen (secondary N) is 1. The van der Waals surface area contributed by atoms with Gasteiger partial charge < -0.3 is 16.0 Å². The number of hydrogen-bond donors (Lipinski definition) is 2. The number of hydrogen-bond acceptors (Lipinski definition) is 6. The van der Waals surface area contributed by atoms with Crippen LogP contribution in [0.5, 0.6) is 0 Å². The zero-order chi connectivity index (χ0) is 25.5. The van der Waals surface area contributed by atoms with Gasteiger partial charge in [-0.25, -0.2) is 9.97 Å². The van der Waals surface area contributed by atoms with Crippen molar-refractivity contribution in [2.75, 3.05) is 25.1 Å². The van der Waals surface area contributed by atoms with Crippen LogP contribution in [0.4, 0.5) is 24.7 Å². The van der Waals surface area contributed by atoms with Gasteiger partial charge in [-0.1, -0.05) is 0 Å². The summed E-state index contributed by atoms with van der Waals surface area (Å²) in [6.45, 7) is 2.99. The number of nitrogens with zero attached hydrogens (tertiary/aromatic N) is 4. The van der Waals surface area contributed by atoms with Crippen LogP contribution in [0.25, 0.3) is 0 Å². The van der Waals surface area contributed by atoms with E-state index in [2.05, 4.69) is 20.2 Å². The lowest BCUT2D eigenvalue weighted by molar-refractivity contribution is -0.137. The molecular formula is C24H30ClF3N6O. The van der Waals surface area contributed by atoms with E-state index < -0.39 is 17.8 Å². The molecule has 1 aromatic carbocycles. The first-order valence-corrected chi connectivity index (χ1v) is 12.0. The number of amides is 1. The fourth-order valence-electron chi connectivity index (χ4n) is 5.06. The van der Waals surface area contributed by atoms with Crippen molar-refractivity contribution in [2.45, 2.75) is 64.0 Å². The molecule has 1 aromatic heterocycles.